The van der Waals surface area contributed by atoms with Gasteiger partial charge in [0.25, 0.3) is 0 Å². The number of hydrogen-bond acceptors (Lipinski definition) is 5. The molecule has 1 aromatic rings. The average Bonchev–Trinajstić information content (AvgIpc) is 3.03. The van der Waals surface area contributed by atoms with Gasteiger partial charge in [-0.05, 0) is 31.9 Å². The summed E-state index contributed by atoms with van der Waals surface area (Å²) in [7, 11) is 0. The maximum atomic E-state index is 10.2. The zero-order valence-electron chi connectivity index (χ0n) is 14.5. The SMILES string of the molecule is CCOc1ccccc1OCCN1CCOC[C@@H]1[C@@H]1CCC[C@H]1O. The van der Waals surface area contributed by atoms with Crippen LogP contribution in [0.25, 0.3) is 0 Å². The van der Waals surface area contributed by atoms with Gasteiger partial charge in [-0.2, -0.15) is 0 Å². The lowest BCUT2D eigenvalue weighted by atomic mass is 9.94. The predicted octanol–water partition coefficient (Wildman–Crippen LogP) is 2.33. The largest absolute Gasteiger partial charge is 0.490 e. The van der Waals surface area contributed by atoms with Crippen molar-refractivity contribution in [2.24, 2.45) is 5.92 Å². The van der Waals surface area contributed by atoms with Crippen molar-refractivity contribution >= 4 is 0 Å². The van der Waals surface area contributed by atoms with Crippen molar-refractivity contribution < 1.29 is 19.3 Å². The molecule has 0 bridgehead atoms. The zero-order chi connectivity index (χ0) is 16.8. The summed E-state index contributed by atoms with van der Waals surface area (Å²) in [5.74, 6) is 1.93. The van der Waals surface area contributed by atoms with E-state index < -0.39 is 0 Å². The molecule has 0 amide bonds. The molecule has 2 aliphatic rings. The number of aliphatic hydroxyl groups excluding tert-OH is 1. The van der Waals surface area contributed by atoms with E-state index >= 15 is 0 Å². The van der Waals surface area contributed by atoms with E-state index in [0.717, 1.165) is 57.1 Å². The van der Waals surface area contributed by atoms with E-state index in [9.17, 15) is 5.11 Å². The van der Waals surface area contributed by atoms with E-state index in [1.165, 1.54) is 0 Å². The average molecular weight is 335 g/mol. The van der Waals surface area contributed by atoms with Crippen LogP contribution < -0.4 is 9.47 Å². The zero-order valence-corrected chi connectivity index (χ0v) is 14.5. The van der Waals surface area contributed by atoms with Crippen LogP contribution in [0.3, 0.4) is 0 Å². The molecule has 3 atom stereocenters. The number of hydrogen-bond donors (Lipinski definition) is 1. The first-order valence-corrected chi connectivity index (χ1v) is 9.14. The number of rotatable bonds is 7. The summed E-state index contributed by atoms with van der Waals surface area (Å²) in [6, 6.07) is 8.11. The van der Waals surface area contributed by atoms with Crippen LogP contribution in [0.2, 0.25) is 0 Å². The third-order valence-corrected chi connectivity index (χ3v) is 5.09. The van der Waals surface area contributed by atoms with Gasteiger partial charge in [0.05, 0.1) is 25.9 Å². The molecular formula is C19H29NO4. The lowest BCUT2D eigenvalue weighted by Gasteiger charge is -2.40. The minimum Gasteiger partial charge on any atom is -0.490 e. The van der Waals surface area contributed by atoms with Gasteiger partial charge in [0.1, 0.15) is 6.61 Å². The van der Waals surface area contributed by atoms with E-state index in [4.69, 9.17) is 14.2 Å². The molecule has 1 N–H and O–H groups in total. The Kier molecular flexibility index (Phi) is 6.35. The second kappa shape index (κ2) is 8.70. The maximum Gasteiger partial charge on any atom is 0.161 e. The smallest absolute Gasteiger partial charge is 0.161 e. The van der Waals surface area contributed by atoms with Gasteiger partial charge in [0.2, 0.25) is 0 Å². The van der Waals surface area contributed by atoms with Gasteiger partial charge >= 0.3 is 0 Å². The van der Waals surface area contributed by atoms with Crippen molar-refractivity contribution in [2.75, 3.05) is 39.5 Å². The molecule has 3 rings (SSSR count). The van der Waals surface area contributed by atoms with Crippen molar-refractivity contribution in [2.45, 2.75) is 38.3 Å². The summed E-state index contributed by atoms with van der Waals surface area (Å²) in [6.45, 7) is 6.45. The molecule has 1 saturated heterocycles. The number of nitrogens with zero attached hydrogens (tertiary/aromatic N) is 1. The molecule has 1 aliphatic heterocycles. The van der Waals surface area contributed by atoms with E-state index in [1.54, 1.807) is 0 Å². The van der Waals surface area contributed by atoms with Gasteiger partial charge in [0, 0.05) is 25.0 Å². The second-order valence-electron chi connectivity index (χ2n) is 6.57. The minimum atomic E-state index is -0.182. The maximum absolute atomic E-state index is 10.2. The van der Waals surface area contributed by atoms with Crippen LogP contribution in [0, 0.1) is 5.92 Å². The third-order valence-electron chi connectivity index (χ3n) is 5.09. The monoisotopic (exact) mass is 335 g/mol. The molecule has 0 radical (unpaired) electrons. The van der Waals surface area contributed by atoms with Crippen LogP contribution in [-0.2, 0) is 4.74 Å². The van der Waals surface area contributed by atoms with Gasteiger partial charge in [-0.15, -0.1) is 0 Å². The van der Waals surface area contributed by atoms with Crippen LogP contribution in [0.1, 0.15) is 26.2 Å². The van der Waals surface area contributed by atoms with Crippen molar-refractivity contribution in [3.63, 3.8) is 0 Å². The highest BCUT2D eigenvalue weighted by molar-refractivity contribution is 5.39. The number of morpholine rings is 1. The Bertz CT molecular complexity index is 510. The van der Waals surface area contributed by atoms with E-state index in [-0.39, 0.29) is 6.10 Å². The molecule has 1 aliphatic carbocycles. The van der Waals surface area contributed by atoms with E-state index in [2.05, 4.69) is 4.90 Å². The molecule has 0 aromatic heterocycles. The van der Waals surface area contributed by atoms with Crippen molar-refractivity contribution in [1.29, 1.82) is 0 Å². The third kappa shape index (κ3) is 4.21. The van der Waals surface area contributed by atoms with Crippen LogP contribution in [0.5, 0.6) is 11.5 Å². The highest BCUT2D eigenvalue weighted by atomic mass is 16.5. The Hall–Kier alpha value is -1.30. The Morgan fingerprint density at radius 1 is 1.21 bits per heavy atom. The fourth-order valence-corrected chi connectivity index (χ4v) is 3.86. The molecule has 2 fully saturated rings. The predicted molar refractivity (Wildman–Crippen MR) is 92.6 cm³/mol. The molecule has 1 heterocycles. The Morgan fingerprint density at radius 2 is 2.00 bits per heavy atom. The number of para-hydroxylation sites is 2. The van der Waals surface area contributed by atoms with Crippen molar-refractivity contribution in [1.82, 2.24) is 4.90 Å². The molecule has 5 heteroatoms. The molecule has 5 nitrogen and oxygen atoms in total. The van der Waals surface area contributed by atoms with Crippen LogP contribution in [0.15, 0.2) is 24.3 Å². The summed E-state index contributed by atoms with van der Waals surface area (Å²) >= 11 is 0. The van der Waals surface area contributed by atoms with Gasteiger partial charge in [-0.25, -0.2) is 0 Å². The molecular weight excluding hydrogens is 306 g/mol. The van der Waals surface area contributed by atoms with Gasteiger partial charge in [-0.3, -0.25) is 4.90 Å². The van der Waals surface area contributed by atoms with E-state index in [1.807, 2.05) is 31.2 Å². The fraction of sp³-hybridized carbons (Fsp3) is 0.684. The van der Waals surface area contributed by atoms with Crippen LogP contribution in [0.4, 0.5) is 0 Å². The number of aliphatic hydroxyl groups is 1. The topological polar surface area (TPSA) is 51.2 Å². The Morgan fingerprint density at radius 3 is 2.71 bits per heavy atom. The summed E-state index contributed by atoms with van der Waals surface area (Å²) in [5, 5.41) is 10.2. The standard InChI is InChI=1S/C19H29NO4/c1-2-23-18-8-3-4-9-19(18)24-13-11-20-10-12-22-14-16(20)15-6-5-7-17(15)21/h3-4,8-9,15-17,21H,2,5-7,10-14H2,1H3/t15-,16+,17+/m0/s1. The highest BCUT2D eigenvalue weighted by Gasteiger charge is 2.37. The fourth-order valence-electron chi connectivity index (χ4n) is 3.86. The van der Waals surface area contributed by atoms with Gasteiger partial charge in [-0.1, -0.05) is 18.6 Å². The molecule has 0 unspecified atom stereocenters. The molecule has 1 saturated carbocycles. The first kappa shape index (κ1) is 17.5. The van der Waals surface area contributed by atoms with Crippen molar-refractivity contribution in [3.05, 3.63) is 24.3 Å². The van der Waals surface area contributed by atoms with Crippen LogP contribution in [-0.4, -0.2) is 61.7 Å². The lowest BCUT2D eigenvalue weighted by molar-refractivity contribution is -0.0532. The molecule has 134 valence electrons. The molecule has 0 spiro atoms. The van der Waals surface area contributed by atoms with Gasteiger partial charge < -0.3 is 19.3 Å². The second-order valence-corrected chi connectivity index (χ2v) is 6.57. The Balaban J connectivity index is 1.55. The number of benzene rings is 1. The summed E-state index contributed by atoms with van der Waals surface area (Å²) in [6.07, 6.45) is 2.96. The molecule has 24 heavy (non-hydrogen) atoms. The highest BCUT2D eigenvalue weighted by Crippen LogP contribution is 2.32. The van der Waals surface area contributed by atoms with Gasteiger partial charge in [0.15, 0.2) is 11.5 Å². The number of ether oxygens (including phenoxy) is 3. The minimum absolute atomic E-state index is 0.182. The van der Waals surface area contributed by atoms with Crippen molar-refractivity contribution in [3.8, 4) is 11.5 Å². The summed E-state index contributed by atoms with van der Waals surface area (Å²) in [5.41, 5.74) is 0. The normalized spacial score (nSPS) is 28.0. The quantitative estimate of drug-likeness (QED) is 0.829. The lowest BCUT2D eigenvalue weighted by Crippen LogP contribution is -2.52. The first-order chi connectivity index (χ1) is 11.8. The Labute approximate surface area is 144 Å². The summed E-state index contributed by atoms with van der Waals surface area (Å²) < 4.78 is 17.2. The van der Waals surface area contributed by atoms with E-state index in [0.29, 0.717) is 25.2 Å². The molecule has 1 aromatic carbocycles. The summed E-state index contributed by atoms with van der Waals surface area (Å²) in [4.78, 5) is 2.42. The van der Waals surface area contributed by atoms with Crippen LogP contribution >= 0.6 is 0 Å². The first-order valence-electron chi connectivity index (χ1n) is 9.14.